The zero-order valence-corrected chi connectivity index (χ0v) is 10.2. The van der Waals surface area contributed by atoms with E-state index in [9.17, 15) is 0 Å². The molecule has 84 valence electrons. The summed E-state index contributed by atoms with van der Waals surface area (Å²) < 4.78 is 1.05. The summed E-state index contributed by atoms with van der Waals surface area (Å²) in [5.74, 6) is 0. The normalized spacial score (nSPS) is 10.9. The molecule has 0 bridgehead atoms. The van der Waals surface area contributed by atoms with E-state index in [0.29, 0.717) is 13.1 Å². The van der Waals surface area contributed by atoms with Gasteiger partial charge in [0.1, 0.15) is 0 Å². The molecule has 1 rings (SSSR count). The fraction of sp³-hybridized carbons (Fsp3) is 0.455. The largest absolute Gasteiger partial charge is 0.395 e. The molecule has 0 fully saturated rings. The molecular weight excluding hydrogens is 258 g/mol. The van der Waals surface area contributed by atoms with Crippen molar-refractivity contribution in [3.8, 4) is 0 Å². The van der Waals surface area contributed by atoms with Crippen LogP contribution in [0.4, 0.5) is 0 Å². The molecule has 0 aliphatic heterocycles. The van der Waals surface area contributed by atoms with E-state index in [2.05, 4.69) is 15.9 Å². The van der Waals surface area contributed by atoms with Gasteiger partial charge in [-0.2, -0.15) is 0 Å². The minimum Gasteiger partial charge on any atom is -0.395 e. The summed E-state index contributed by atoms with van der Waals surface area (Å²) >= 11 is 3.41. The second-order valence-electron chi connectivity index (χ2n) is 3.35. The minimum absolute atomic E-state index is 0.119. The van der Waals surface area contributed by atoms with Gasteiger partial charge in [0.2, 0.25) is 0 Å². The first-order valence-corrected chi connectivity index (χ1v) is 5.74. The van der Waals surface area contributed by atoms with Crippen molar-refractivity contribution < 1.29 is 10.2 Å². The van der Waals surface area contributed by atoms with E-state index in [-0.39, 0.29) is 13.2 Å². The van der Waals surface area contributed by atoms with Crippen molar-refractivity contribution in [3.63, 3.8) is 0 Å². The van der Waals surface area contributed by atoms with Crippen molar-refractivity contribution in [1.29, 1.82) is 0 Å². The molecule has 3 nitrogen and oxygen atoms in total. The maximum Gasteiger partial charge on any atom is 0.0558 e. The van der Waals surface area contributed by atoms with E-state index in [4.69, 9.17) is 10.2 Å². The summed E-state index contributed by atoms with van der Waals surface area (Å²) in [5, 5.41) is 17.7. The summed E-state index contributed by atoms with van der Waals surface area (Å²) in [5.41, 5.74) is 1.17. The van der Waals surface area contributed by atoms with Crippen LogP contribution in [0.5, 0.6) is 0 Å². The van der Waals surface area contributed by atoms with Gasteiger partial charge in [0.25, 0.3) is 0 Å². The van der Waals surface area contributed by atoms with Crippen LogP contribution in [0.1, 0.15) is 5.56 Å². The minimum atomic E-state index is 0.119. The summed E-state index contributed by atoms with van der Waals surface area (Å²) in [6, 6.07) is 8.04. The first-order chi connectivity index (χ1) is 7.26. The van der Waals surface area contributed by atoms with Crippen LogP contribution in [0.2, 0.25) is 0 Å². The van der Waals surface area contributed by atoms with Gasteiger partial charge in [-0.15, -0.1) is 0 Å². The number of rotatable bonds is 6. The Hall–Kier alpha value is -0.420. The van der Waals surface area contributed by atoms with E-state index < -0.39 is 0 Å². The van der Waals surface area contributed by atoms with Gasteiger partial charge in [0, 0.05) is 24.1 Å². The molecular formula is C11H16BrNO2. The van der Waals surface area contributed by atoms with Crippen LogP contribution in [0, 0.1) is 0 Å². The Morgan fingerprint density at radius 2 is 1.80 bits per heavy atom. The molecule has 0 spiro atoms. The molecule has 0 aliphatic rings. The fourth-order valence-electron chi connectivity index (χ4n) is 1.45. The van der Waals surface area contributed by atoms with Gasteiger partial charge in [-0.1, -0.05) is 28.1 Å². The number of halogens is 1. The second kappa shape index (κ2) is 6.95. The van der Waals surface area contributed by atoms with Crippen LogP contribution < -0.4 is 0 Å². The van der Waals surface area contributed by atoms with Gasteiger partial charge in [-0.3, -0.25) is 4.90 Å². The van der Waals surface area contributed by atoms with Crippen LogP contribution in [0.15, 0.2) is 28.7 Å². The smallest absolute Gasteiger partial charge is 0.0558 e. The molecule has 0 aliphatic carbocycles. The zero-order chi connectivity index (χ0) is 11.1. The molecule has 0 heterocycles. The van der Waals surface area contributed by atoms with Crippen LogP contribution in [-0.2, 0) is 6.54 Å². The standard InChI is InChI=1S/C11H16BrNO2/c12-11-3-1-2-10(8-11)9-13(4-6-14)5-7-15/h1-3,8,14-15H,4-7,9H2. The number of aliphatic hydroxyl groups is 2. The fourth-order valence-corrected chi connectivity index (χ4v) is 1.89. The third-order valence-electron chi connectivity index (χ3n) is 2.13. The molecule has 2 N–H and O–H groups in total. The lowest BCUT2D eigenvalue weighted by Crippen LogP contribution is -2.29. The van der Waals surface area contributed by atoms with Crippen molar-refractivity contribution in [2.24, 2.45) is 0 Å². The highest BCUT2D eigenvalue weighted by molar-refractivity contribution is 9.10. The highest BCUT2D eigenvalue weighted by Gasteiger charge is 2.04. The third-order valence-corrected chi connectivity index (χ3v) is 2.62. The number of hydrogen-bond acceptors (Lipinski definition) is 3. The van der Waals surface area contributed by atoms with E-state index in [0.717, 1.165) is 11.0 Å². The zero-order valence-electron chi connectivity index (χ0n) is 8.56. The maximum absolute atomic E-state index is 8.86. The average molecular weight is 274 g/mol. The van der Waals surface area contributed by atoms with Crippen LogP contribution in [-0.4, -0.2) is 41.4 Å². The molecule has 1 aromatic carbocycles. The third kappa shape index (κ3) is 4.75. The van der Waals surface area contributed by atoms with Gasteiger partial charge in [-0.05, 0) is 17.7 Å². The Morgan fingerprint density at radius 3 is 2.33 bits per heavy atom. The summed E-state index contributed by atoms with van der Waals surface area (Å²) in [7, 11) is 0. The molecule has 0 radical (unpaired) electrons. The van der Waals surface area contributed by atoms with Crippen molar-refractivity contribution in [2.75, 3.05) is 26.3 Å². The number of benzene rings is 1. The molecule has 1 aromatic rings. The second-order valence-corrected chi connectivity index (χ2v) is 4.27. The van der Waals surface area contributed by atoms with Gasteiger partial charge < -0.3 is 10.2 Å². The Morgan fingerprint density at radius 1 is 1.13 bits per heavy atom. The quantitative estimate of drug-likeness (QED) is 0.820. The molecule has 0 amide bonds. The predicted molar refractivity (Wildman–Crippen MR) is 63.6 cm³/mol. The van der Waals surface area contributed by atoms with E-state index in [1.165, 1.54) is 5.56 Å². The van der Waals surface area contributed by atoms with Crippen molar-refractivity contribution in [3.05, 3.63) is 34.3 Å². The summed E-state index contributed by atoms with van der Waals surface area (Å²) in [6.45, 7) is 2.17. The van der Waals surface area contributed by atoms with Gasteiger partial charge >= 0.3 is 0 Å². The summed E-state index contributed by atoms with van der Waals surface area (Å²) in [6.07, 6.45) is 0. The molecule has 0 saturated heterocycles. The van der Waals surface area contributed by atoms with Gasteiger partial charge in [0.15, 0.2) is 0 Å². The number of hydrogen-bond donors (Lipinski definition) is 2. The lowest BCUT2D eigenvalue weighted by molar-refractivity contribution is 0.156. The van der Waals surface area contributed by atoms with E-state index in [1.807, 2.05) is 29.2 Å². The highest BCUT2D eigenvalue weighted by atomic mass is 79.9. The molecule has 0 atom stereocenters. The van der Waals surface area contributed by atoms with E-state index in [1.54, 1.807) is 0 Å². The number of aliphatic hydroxyl groups excluding tert-OH is 2. The average Bonchev–Trinajstić information content (AvgIpc) is 2.18. The molecule has 0 aromatic heterocycles. The van der Waals surface area contributed by atoms with Crippen LogP contribution in [0.3, 0.4) is 0 Å². The van der Waals surface area contributed by atoms with E-state index >= 15 is 0 Å². The van der Waals surface area contributed by atoms with Crippen LogP contribution >= 0.6 is 15.9 Å². The Balaban J connectivity index is 2.56. The first kappa shape index (κ1) is 12.6. The highest BCUT2D eigenvalue weighted by Crippen LogP contribution is 2.13. The van der Waals surface area contributed by atoms with Crippen molar-refractivity contribution in [1.82, 2.24) is 4.90 Å². The number of nitrogens with zero attached hydrogens (tertiary/aromatic N) is 1. The van der Waals surface area contributed by atoms with Crippen molar-refractivity contribution >= 4 is 15.9 Å². The predicted octanol–water partition coefficient (Wildman–Crippen LogP) is 1.24. The molecule has 0 unspecified atom stereocenters. The van der Waals surface area contributed by atoms with Gasteiger partial charge in [0.05, 0.1) is 13.2 Å². The maximum atomic E-state index is 8.86. The van der Waals surface area contributed by atoms with Crippen LogP contribution in [0.25, 0.3) is 0 Å². The Bertz CT molecular complexity index is 288. The first-order valence-electron chi connectivity index (χ1n) is 4.95. The summed E-state index contributed by atoms with van der Waals surface area (Å²) in [4.78, 5) is 2.02. The Labute approximate surface area is 98.5 Å². The SMILES string of the molecule is OCCN(CCO)Cc1cccc(Br)c1. The van der Waals surface area contributed by atoms with Gasteiger partial charge in [-0.25, -0.2) is 0 Å². The molecule has 15 heavy (non-hydrogen) atoms. The monoisotopic (exact) mass is 273 g/mol. The van der Waals surface area contributed by atoms with Crippen molar-refractivity contribution in [2.45, 2.75) is 6.54 Å². The topological polar surface area (TPSA) is 43.7 Å². The molecule has 4 heteroatoms. The Kier molecular flexibility index (Phi) is 5.86. The molecule has 0 saturated carbocycles. The lowest BCUT2D eigenvalue weighted by atomic mass is 10.2. The lowest BCUT2D eigenvalue weighted by Gasteiger charge is -2.20.